The largest absolute Gasteiger partial charge is 0.332 e. The third kappa shape index (κ3) is 4.99. The lowest BCUT2D eigenvalue weighted by Gasteiger charge is -2.17. The number of nitrogens with zero attached hydrogens (tertiary/aromatic N) is 3. The molecule has 1 N–H and O–H groups in total. The maximum absolute atomic E-state index is 12.0. The van der Waals surface area contributed by atoms with Crippen LogP contribution in [0.4, 0.5) is 5.82 Å². The molecule has 0 radical (unpaired) electrons. The standard InChI is InChI=1S/C24H28N4O/c1-24(2,3)12-9-18-5-7-19(8-6-18)21-15-28(20-10-13-26-14-11-20)23(22(21)16-29)27-17-25-4/h5-8,10-11,13-17H,9,12H2,1-4H3,(H,25,27). The van der Waals surface area contributed by atoms with Crippen molar-refractivity contribution in [3.05, 3.63) is 66.1 Å². The lowest BCUT2D eigenvalue weighted by Crippen LogP contribution is -2.06. The Morgan fingerprint density at radius 1 is 1.10 bits per heavy atom. The Morgan fingerprint density at radius 3 is 2.38 bits per heavy atom. The van der Waals surface area contributed by atoms with Crippen LogP contribution in [0.5, 0.6) is 0 Å². The summed E-state index contributed by atoms with van der Waals surface area (Å²) in [6.07, 6.45) is 10.1. The molecule has 3 aromatic rings. The molecule has 0 spiro atoms. The molecule has 0 aliphatic carbocycles. The molecule has 5 nitrogen and oxygen atoms in total. The van der Waals surface area contributed by atoms with E-state index in [1.165, 1.54) is 5.56 Å². The second kappa shape index (κ2) is 8.86. The lowest BCUT2D eigenvalue weighted by atomic mass is 9.88. The van der Waals surface area contributed by atoms with Crippen molar-refractivity contribution in [3.63, 3.8) is 0 Å². The first kappa shape index (κ1) is 20.5. The Bertz CT molecular complexity index is 980. The molecule has 0 bridgehead atoms. The van der Waals surface area contributed by atoms with E-state index in [1.54, 1.807) is 25.8 Å². The lowest BCUT2D eigenvalue weighted by molar-refractivity contribution is 0.112. The number of pyridine rings is 1. The molecule has 3 rings (SSSR count). The van der Waals surface area contributed by atoms with E-state index in [0.717, 1.165) is 35.9 Å². The van der Waals surface area contributed by atoms with Crippen LogP contribution in [0.3, 0.4) is 0 Å². The van der Waals surface area contributed by atoms with Gasteiger partial charge in [0, 0.05) is 31.2 Å². The predicted molar refractivity (Wildman–Crippen MR) is 120 cm³/mol. The number of benzene rings is 1. The molecule has 5 heteroatoms. The molecule has 150 valence electrons. The zero-order valence-corrected chi connectivity index (χ0v) is 17.5. The van der Waals surface area contributed by atoms with Crippen molar-refractivity contribution >= 4 is 18.4 Å². The van der Waals surface area contributed by atoms with Crippen molar-refractivity contribution in [1.29, 1.82) is 0 Å². The fourth-order valence-corrected chi connectivity index (χ4v) is 3.22. The van der Waals surface area contributed by atoms with Crippen molar-refractivity contribution in [2.75, 3.05) is 12.4 Å². The molecule has 0 amide bonds. The van der Waals surface area contributed by atoms with E-state index >= 15 is 0 Å². The van der Waals surface area contributed by atoms with Crippen LogP contribution in [-0.4, -0.2) is 29.2 Å². The highest BCUT2D eigenvalue weighted by Gasteiger charge is 2.18. The fourth-order valence-electron chi connectivity index (χ4n) is 3.22. The van der Waals surface area contributed by atoms with Crippen LogP contribution in [0.1, 0.15) is 43.1 Å². The summed E-state index contributed by atoms with van der Waals surface area (Å²) in [4.78, 5) is 20.1. The minimum absolute atomic E-state index is 0.312. The first-order valence-electron chi connectivity index (χ1n) is 9.80. The van der Waals surface area contributed by atoms with Gasteiger partial charge in [0.05, 0.1) is 17.6 Å². The maximum Gasteiger partial charge on any atom is 0.154 e. The van der Waals surface area contributed by atoms with E-state index in [-0.39, 0.29) is 0 Å². The third-order valence-electron chi connectivity index (χ3n) is 4.86. The topological polar surface area (TPSA) is 59.3 Å². The van der Waals surface area contributed by atoms with Gasteiger partial charge in [0.15, 0.2) is 6.29 Å². The highest BCUT2D eigenvalue weighted by Crippen LogP contribution is 2.33. The summed E-state index contributed by atoms with van der Waals surface area (Å²) in [5.74, 6) is 0.684. The van der Waals surface area contributed by atoms with E-state index in [0.29, 0.717) is 16.8 Å². The summed E-state index contributed by atoms with van der Waals surface area (Å²) < 4.78 is 1.95. The van der Waals surface area contributed by atoms with Crippen LogP contribution in [0.25, 0.3) is 16.8 Å². The van der Waals surface area contributed by atoms with Crippen LogP contribution in [0.2, 0.25) is 0 Å². The van der Waals surface area contributed by atoms with Gasteiger partial charge in [-0.1, -0.05) is 45.0 Å². The first-order valence-corrected chi connectivity index (χ1v) is 9.80. The predicted octanol–water partition coefficient (Wildman–Crippen LogP) is 5.40. The Kier molecular flexibility index (Phi) is 6.27. The number of aryl methyl sites for hydroxylation is 1. The average Bonchev–Trinajstić information content (AvgIpc) is 3.09. The molecule has 2 aromatic heterocycles. The second-order valence-electron chi connectivity index (χ2n) is 8.29. The van der Waals surface area contributed by atoms with E-state index in [2.05, 4.69) is 60.3 Å². The van der Waals surface area contributed by atoms with Gasteiger partial charge in [-0.05, 0) is 41.5 Å². The van der Waals surface area contributed by atoms with Crippen molar-refractivity contribution in [2.45, 2.75) is 33.6 Å². The number of hydrogen-bond donors (Lipinski definition) is 1. The average molecular weight is 389 g/mol. The van der Waals surface area contributed by atoms with Crippen molar-refractivity contribution in [2.24, 2.45) is 10.4 Å². The van der Waals surface area contributed by atoms with Crippen molar-refractivity contribution < 1.29 is 4.79 Å². The summed E-state index contributed by atoms with van der Waals surface area (Å²) in [6, 6.07) is 12.3. The van der Waals surface area contributed by atoms with Crippen LogP contribution in [0, 0.1) is 5.41 Å². The van der Waals surface area contributed by atoms with E-state index < -0.39 is 0 Å². The molecule has 0 aliphatic rings. The highest BCUT2D eigenvalue weighted by molar-refractivity contribution is 5.97. The number of carbonyl (C=O) groups is 1. The summed E-state index contributed by atoms with van der Waals surface area (Å²) in [7, 11) is 1.69. The molecular formula is C24H28N4O. The Hall–Kier alpha value is -3.21. The van der Waals surface area contributed by atoms with Crippen molar-refractivity contribution in [1.82, 2.24) is 9.55 Å². The van der Waals surface area contributed by atoms with Gasteiger partial charge < -0.3 is 9.88 Å². The second-order valence-corrected chi connectivity index (χ2v) is 8.29. The molecule has 29 heavy (non-hydrogen) atoms. The number of aldehydes is 1. The number of anilines is 1. The smallest absolute Gasteiger partial charge is 0.154 e. The minimum atomic E-state index is 0.312. The molecular weight excluding hydrogens is 360 g/mol. The minimum Gasteiger partial charge on any atom is -0.332 e. The molecule has 0 unspecified atom stereocenters. The maximum atomic E-state index is 12.0. The highest BCUT2D eigenvalue weighted by atomic mass is 16.1. The van der Waals surface area contributed by atoms with Gasteiger partial charge in [0.25, 0.3) is 0 Å². The number of hydrogen-bond acceptors (Lipinski definition) is 3. The van der Waals surface area contributed by atoms with Gasteiger partial charge in [0.2, 0.25) is 0 Å². The first-order chi connectivity index (χ1) is 13.9. The Balaban J connectivity index is 2.00. The zero-order chi connectivity index (χ0) is 20.9. The summed E-state index contributed by atoms with van der Waals surface area (Å²) in [5, 5.41) is 3.14. The van der Waals surface area contributed by atoms with E-state index in [9.17, 15) is 4.79 Å². The van der Waals surface area contributed by atoms with Crippen LogP contribution in [-0.2, 0) is 6.42 Å². The normalized spacial score (nSPS) is 11.7. The van der Waals surface area contributed by atoms with Crippen LogP contribution in [0.15, 0.2) is 60.0 Å². The molecule has 0 saturated carbocycles. The summed E-state index contributed by atoms with van der Waals surface area (Å²) in [5.41, 5.74) is 5.03. The molecule has 1 aromatic carbocycles. The van der Waals surface area contributed by atoms with Gasteiger partial charge in [-0.2, -0.15) is 0 Å². The summed E-state index contributed by atoms with van der Waals surface area (Å²) >= 11 is 0. The number of carbonyl (C=O) groups excluding carboxylic acids is 1. The van der Waals surface area contributed by atoms with Gasteiger partial charge in [0.1, 0.15) is 5.82 Å². The Labute approximate surface area is 172 Å². The van der Waals surface area contributed by atoms with Gasteiger partial charge >= 0.3 is 0 Å². The molecule has 0 fully saturated rings. The van der Waals surface area contributed by atoms with Crippen LogP contribution < -0.4 is 5.32 Å². The number of aromatic nitrogens is 2. The molecule has 0 atom stereocenters. The third-order valence-corrected chi connectivity index (χ3v) is 4.86. The molecule has 0 saturated heterocycles. The Morgan fingerprint density at radius 2 is 1.79 bits per heavy atom. The van der Waals surface area contributed by atoms with Crippen LogP contribution >= 0.6 is 0 Å². The molecule has 0 aliphatic heterocycles. The van der Waals surface area contributed by atoms with Gasteiger partial charge in [-0.25, -0.2) is 0 Å². The monoisotopic (exact) mass is 388 g/mol. The fraction of sp³-hybridized carbons (Fsp3) is 0.292. The van der Waals surface area contributed by atoms with E-state index in [4.69, 9.17) is 0 Å². The van der Waals surface area contributed by atoms with Crippen molar-refractivity contribution in [3.8, 4) is 16.8 Å². The van der Waals surface area contributed by atoms with Gasteiger partial charge in [-0.15, -0.1) is 0 Å². The quantitative estimate of drug-likeness (QED) is 0.335. The number of aliphatic imine (C=N–C) groups is 1. The molecule has 2 heterocycles. The number of rotatable bonds is 7. The number of nitrogens with one attached hydrogen (secondary N) is 1. The SMILES string of the molecule is CN=CNc1c(C=O)c(-c2ccc(CCC(C)(C)C)cc2)cn1-c1ccncc1. The summed E-state index contributed by atoms with van der Waals surface area (Å²) in [6.45, 7) is 6.77. The van der Waals surface area contributed by atoms with E-state index in [1.807, 2.05) is 22.9 Å². The zero-order valence-electron chi connectivity index (χ0n) is 17.5. The van der Waals surface area contributed by atoms with Gasteiger partial charge in [-0.3, -0.25) is 14.8 Å².